The zero-order valence-electron chi connectivity index (χ0n) is 11.7. The van der Waals surface area contributed by atoms with Crippen LogP contribution in [0.25, 0.3) is 0 Å². The highest BCUT2D eigenvalue weighted by Crippen LogP contribution is 2.17. The van der Waals surface area contributed by atoms with Crippen molar-refractivity contribution in [2.24, 2.45) is 17.4 Å². The van der Waals surface area contributed by atoms with E-state index in [0.29, 0.717) is 24.5 Å². The maximum atomic E-state index is 12.3. The van der Waals surface area contributed by atoms with Crippen molar-refractivity contribution in [3.63, 3.8) is 0 Å². The lowest BCUT2D eigenvalue weighted by molar-refractivity contribution is -0.134. The highest BCUT2D eigenvalue weighted by Gasteiger charge is 2.26. The van der Waals surface area contributed by atoms with Gasteiger partial charge in [-0.2, -0.15) is 0 Å². The standard InChI is InChI=1S/C15H19N3O2S/c16-14(20)12-2-1-7-18(9-12)13(19)8-10-3-5-11(6-4-10)15(17)21/h3-6,12H,1-2,7-9H2,(H2,16,20)(H2,17,21). The topological polar surface area (TPSA) is 89.4 Å². The highest BCUT2D eigenvalue weighted by atomic mass is 32.1. The fourth-order valence-electron chi connectivity index (χ4n) is 2.51. The number of primary amides is 1. The summed E-state index contributed by atoms with van der Waals surface area (Å²) < 4.78 is 0. The van der Waals surface area contributed by atoms with Gasteiger partial charge in [-0.3, -0.25) is 9.59 Å². The molecule has 0 bridgehead atoms. The summed E-state index contributed by atoms with van der Waals surface area (Å²) in [5, 5.41) is 0. The zero-order chi connectivity index (χ0) is 15.4. The van der Waals surface area contributed by atoms with Crippen molar-refractivity contribution in [3.05, 3.63) is 35.4 Å². The van der Waals surface area contributed by atoms with Crippen molar-refractivity contribution in [2.45, 2.75) is 19.3 Å². The number of carbonyl (C=O) groups is 2. The first-order valence-electron chi connectivity index (χ1n) is 6.93. The van der Waals surface area contributed by atoms with E-state index in [9.17, 15) is 9.59 Å². The molecular weight excluding hydrogens is 286 g/mol. The summed E-state index contributed by atoms with van der Waals surface area (Å²) in [4.78, 5) is 25.6. The van der Waals surface area contributed by atoms with E-state index in [0.717, 1.165) is 24.0 Å². The Kier molecular flexibility index (Phi) is 4.90. The number of likely N-dealkylation sites (tertiary alicyclic amines) is 1. The van der Waals surface area contributed by atoms with Gasteiger partial charge >= 0.3 is 0 Å². The van der Waals surface area contributed by atoms with E-state index in [4.69, 9.17) is 23.7 Å². The number of piperidine rings is 1. The number of amides is 2. The van der Waals surface area contributed by atoms with E-state index in [1.165, 1.54) is 0 Å². The molecular formula is C15H19N3O2S. The van der Waals surface area contributed by atoms with Crippen molar-refractivity contribution in [2.75, 3.05) is 13.1 Å². The molecule has 0 aromatic heterocycles. The van der Waals surface area contributed by atoms with Gasteiger partial charge in [0.1, 0.15) is 4.99 Å². The van der Waals surface area contributed by atoms with Crippen LogP contribution in [-0.2, 0) is 16.0 Å². The average molecular weight is 305 g/mol. The van der Waals surface area contributed by atoms with E-state index in [1.807, 2.05) is 24.3 Å². The van der Waals surface area contributed by atoms with E-state index in [1.54, 1.807) is 4.90 Å². The minimum atomic E-state index is -0.326. The van der Waals surface area contributed by atoms with Gasteiger partial charge in [-0.15, -0.1) is 0 Å². The van der Waals surface area contributed by atoms with Crippen molar-refractivity contribution >= 4 is 29.0 Å². The Balaban J connectivity index is 1.97. The third-order valence-corrected chi connectivity index (χ3v) is 4.01. The maximum Gasteiger partial charge on any atom is 0.227 e. The van der Waals surface area contributed by atoms with Crippen LogP contribution in [0.3, 0.4) is 0 Å². The molecule has 1 heterocycles. The molecule has 1 fully saturated rings. The normalized spacial score (nSPS) is 18.3. The molecule has 2 amide bonds. The summed E-state index contributed by atoms with van der Waals surface area (Å²) in [5.41, 5.74) is 12.6. The molecule has 21 heavy (non-hydrogen) atoms. The quantitative estimate of drug-likeness (QED) is 0.797. The molecule has 1 saturated heterocycles. The Bertz CT molecular complexity index is 557. The first-order chi connectivity index (χ1) is 9.97. The monoisotopic (exact) mass is 305 g/mol. The molecule has 0 aliphatic carbocycles. The molecule has 1 aliphatic rings. The molecule has 4 N–H and O–H groups in total. The van der Waals surface area contributed by atoms with Gasteiger partial charge < -0.3 is 16.4 Å². The first-order valence-corrected chi connectivity index (χ1v) is 7.34. The number of nitrogens with two attached hydrogens (primary N) is 2. The van der Waals surface area contributed by atoms with E-state index < -0.39 is 0 Å². The summed E-state index contributed by atoms with van der Waals surface area (Å²) >= 11 is 4.89. The fourth-order valence-corrected chi connectivity index (χ4v) is 2.65. The lowest BCUT2D eigenvalue weighted by atomic mass is 9.97. The van der Waals surface area contributed by atoms with Crippen LogP contribution in [0, 0.1) is 5.92 Å². The number of rotatable bonds is 4. The minimum absolute atomic E-state index is 0.0176. The first kappa shape index (κ1) is 15.4. The summed E-state index contributed by atoms with van der Waals surface area (Å²) in [6, 6.07) is 7.32. The Morgan fingerprint density at radius 3 is 2.48 bits per heavy atom. The van der Waals surface area contributed by atoms with Gasteiger partial charge in [-0.25, -0.2) is 0 Å². The number of nitrogens with zero attached hydrogens (tertiary/aromatic N) is 1. The molecule has 1 atom stereocenters. The van der Waals surface area contributed by atoms with Gasteiger partial charge in [0.05, 0.1) is 12.3 Å². The Labute approximate surface area is 129 Å². The second-order valence-electron chi connectivity index (χ2n) is 5.32. The van der Waals surface area contributed by atoms with Crippen LogP contribution in [-0.4, -0.2) is 34.8 Å². The Hall–Kier alpha value is -1.95. The van der Waals surface area contributed by atoms with Gasteiger partial charge in [0.2, 0.25) is 11.8 Å². The summed E-state index contributed by atoms with van der Waals surface area (Å²) in [5.74, 6) is -0.531. The SMILES string of the molecule is NC(=O)C1CCCN(C(=O)Cc2ccc(C(N)=S)cc2)C1. The lowest BCUT2D eigenvalue weighted by Gasteiger charge is -2.31. The second-order valence-corrected chi connectivity index (χ2v) is 5.76. The van der Waals surface area contributed by atoms with Crippen molar-refractivity contribution in [3.8, 4) is 0 Å². The van der Waals surface area contributed by atoms with Crippen LogP contribution in [0.2, 0.25) is 0 Å². The van der Waals surface area contributed by atoms with Crippen LogP contribution in [0.15, 0.2) is 24.3 Å². The second kappa shape index (κ2) is 6.67. The third-order valence-electron chi connectivity index (χ3n) is 3.77. The van der Waals surface area contributed by atoms with Crippen molar-refractivity contribution < 1.29 is 9.59 Å². The van der Waals surface area contributed by atoms with Crippen molar-refractivity contribution in [1.82, 2.24) is 4.90 Å². The summed E-state index contributed by atoms with van der Waals surface area (Å²) in [6.07, 6.45) is 1.89. The fraction of sp³-hybridized carbons (Fsp3) is 0.400. The smallest absolute Gasteiger partial charge is 0.227 e. The van der Waals surface area contributed by atoms with Gasteiger partial charge in [0.15, 0.2) is 0 Å². The molecule has 0 radical (unpaired) electrons. The number of hydrogen-bond acceptors (Lipinski definition) is 3. The molecule has 112 valence electrons. The largest absolute Gasteiger partial charge is 0.389 e. The number of carbonyl (C=O) groups excluding carboxylic acids is 2. The molecule has 5 nitrogen and oxygen atoms in total. The molecule has 2 rings (SSSR count). The van der Waals surface area contributed by atoms with Crippen LogP contribution in [0.1, 0.15) is 24.0 Å². The average Bonchev–Trinajstić information content (AvgIpc) is 2.48. The number of benzene rings is 1. The van der Waals surface area contributed by atoms with Crippen LogP contribution < -0.4 is 11.5 Å². The minimum Gasteiger partial charge on any atom is -0.389 e. The van der Waals surface area contributed by atoms with Gasteiger partial charge in [0.25, 0.3) is 0 Å². The summed E-state index contributed by atoms with van der Waals surface area (Å²) in [6.45, 7) is 1.12. The predicted octanol–water partition coefficient (Wildman–Crippen LogP) is 0.587. The number of hydrogen-bond donors (Lipinski definition) is 2. The van der Waals surface area contributed by atoms with Crippen molar-refractivity contribution in [1.29, 1.82) is 0 Å². The third kappa shape index (κ3) is 4.01. The summed E-state index contributed by atoms with van der Waals surface area (Å²) in [7, 11) is 0. The van der Waals surface area contributed by atoms with E-state index >= 15 is 0 Å². The maximum absolute atomic E-state index is 12.3. The lowest BCUT2D eigenvalue weighted by Crippen LogP contribution is -2.44. The zero-order valence-corrected chi connectivity index (χ0v) is 12.6. The van der Waals surface area contributed by atoms with Gasteiger partial charge in [-0.1, -0.05) is 36.5 Å². The molecule has 1 unspecified atom stereocenters. The molecule has 0 saturated carbocycles. The molecule has 6 heteroatoms. The molecule has 1 aromatic carbocycles. The van der Waals surface area contributed by atoms with Crippen LogP contribution >= 0.6 is 12.2 Å². The van der Waals surface area contributed by atoms with E-state index in [2.05, 4.69) is 0 Å². The molecule has 1 aliphatic heterocycles. The Morgan fingerprint density at radius 2 is 1.90 bits per heavy atom. The highest BCUT2D eigenvalue weighted by molar-refractivity contribution is 7.80. The van der Waals surface area contributed by atoms with Gasteiger partial charge in [0, 0.05) is 18.7 Å². The van der Waals surface area contributed by atoms with Crippen LogP contribution in [0.5, 0.6) is 0 Å². The molecule has 0 spiro atoms. The Morgan fingerprint density at radius 1 is 1.24 bits per heavy atom. The predicted molar refractivity (Wildman–Crippen MR) is 84.5 cm³/mol. The van der Waals surface area contributed by atoms with Gasteiger partial charge in [-0.05, 0) is 18.4 Å². The van der Waals surface area contributed by atoms with Crippen LogP contribution in [0.4, 0.5) is 0 Å². The number of thiocarbonyl (C=S) groups is 1. The van der Waals surface area contributed by atoms with E-state index in [-0.39, 0.29) is 17.7 Å². The molecule has 1 aromatic rings.